The number of hydrogen-bond acceptors (Lipinski definition) is 7. The lowest BCUT2D eigenvalue weighted by atomic mass is 10.1. The Bertz CT molecular complexity index is 1720. The van der Waals surface area contributed by atoms with Crippen molar-refractivity contribution in [3.8, 4) is 5.69 Å². The minimum Gasteiger partial charge on any atom is -0.462 e. The second-order valence-electron chi connectivity index (χ2n) is 8.65. The molecule has 1 N–H and O–H groups in total. The van der Waals surface area contributed by atoms with E-state index in [1.54, 1.807) is 36.7 Å². The van der Waals surface area contributed by atoms with Crippen molar-refractivity contribution in [3.05, 3.63) is 81.8 Å². The molecule has 9 nitrogen and oxygen atoms in total. The lowest BCUT2D eigenvalue weighted by Crippen LogP contribution is -2.32. The van der Waals surface area contributed by atoms with E-state index < -0.39 is 17.9 Å². The molecule has 10 heteroatoms. The number of anilines is 1. The van der Waals surface area contributed by atoms with Crippen LogP contribution < -0.4 is 10.9 Å². The van der Waals surface area contributed by atoms with Crippen LogP contribution in [0.2, 0.25) is 0 Å². The predicted molar refractivity (Wildman–Crippen MR) is 144 cm³/mol. The standard InChI is InChI=1S/C27H25N5O4S/c1-5-36-26(35)18-11-12-20-21(14-18)37-27(28-20)29-24(34)17(4)31-22(33)13-15(2)23-16(3)30-32(25(23)31)19-9-7-6-8-10-19/h6-14,17H,5H2,1-4H3,(H,28,29,34). The number of pyridine rings is 1. The number of para-hydroxylation sites is 1. The average Bonchev–Trinajstić information content (AvgIpc) is 3.44. The second-order valence-corrected chi connectivity index (χ2v) is 9.68. The number of hydrogen-bond donors (Lipinski definition) is 1. The van der Waals surface area contributed by atoms with Gasteiger partial charge in [-0.2, -0.15) is 5.10 Å². The van der Waals surface area contributed by atoms with Gasteiger partial charge in [-0.25, -0.2) is 14.5 Å². The Morgan fingerprint density at radius 2 is 1.86 bits per heavy atom. The maximum Gasteiger partial charge on any atom is 0.338 e. The largest absolute Gasteiger partial charge is 0.462 e. The van der Waals surface area contributed by atoms with Gasteiger partial charge in [-0.1, -0.05) is 29.5 Å². The van der Waals surface area contributed by atoms with Crippen LogP contribution in [0.1, 0.15) is 41.5 Å². The number of rotatable bonds is 6. The van der Waals surface area contributed by atoms with E-state index >= 15 is 0 Å². The van der Waals surface area contributed by atoms with Gasteiger partial charge in [0.05, 0.1) is 33.8 Å². The number of fused-ring (bicyclic) bond motifs is 2. The number of carbonyl (C=O) groups excluding carboxylic acids is 2. The van der Waals surface area contributed by atoms with Crippen LogP contribution in [0.25, 0.3) is 26.9 Å². The number of esters is 1. The van der Waals surface area contributed by atoms with Crippen molar-refractivity contribution in [2.24, 2.45) is 0 Å². The van der Waals surface area contributed by atoms with Crippen molar-refractivity contribution in [2.75, 3.05) is 11.9 Å². The molecule has 5 rings (SSSR count). The van der Waals surface area contributed by atoms with Crippen molar-refractivity contribution >= 4 is 49.6 Å². The highest BCUT2D eigenvalue weighted by Gasteiger charge is 2.25. The zero-order valence-corrected chi connectivity index (χ0v) is 21.6. The molecule has 0 radical (unpaired) electrons. The van der Waals surface area contributed by atoms with Gasteiger partial charge in [0.25, 0.3) is 5.56 Å². The lowest BCUT2D eigenvalue weighted by molar-refractivity contribution is -0.118. The first-order valence-electron chi connectivity index (χ1n) is 11.8. The Morgan fingerprint density at radius 1 is 1.11 bits per heavy atom. The summed E-state index contributed by atoms with van der Waals surface area (Å²) in [6.07, 6.45) is 0. The maximum absolute atomic E-state index is 13.4. The van der Waals surface area contributed by atoms with Gasteiger partial charge < -0.3 is 10.1 Å². The molecule has 0 aliphatic carbocycles. The molecule has 0 saturated carbocycles. The first-order chi connectivity index (χ1) is 17.8. The van der Waals surface area contributed by atoms with Crippen molar-refractivity contribution < 1.29 is 14.3 Å². The Kier molecular flexibility index (Phi) is 6.34. The van der Waals surface area contributed by atoms with Gasteiger partial charge in [-0.15, -0.1) is 0 Å². The second kappa shape index (κ2) is 9.62. The molecule has 3 aromatic heterocycles. The number of nitrogens with zero attached hydrogens (tertiary/aromatic N) is 4. The van der Waals surface area contributed by atoms with Gasteiger partial charge in [0.15, 0.2) is 5.13 Å². The number of aromatic nitrogens is 4. The zero-order chi connectivity index (χ0) is 26.3. The summed E-state index contributed by atoms with van der Waals surface area (Å²) in [6.45, 7) is 7.47. The number of aryl methyl sites for hydroxylation is 2. The van der Waals surface area contributed by atoms with E-state index in [9.17, 15) is 14.4 Å². The van der Waals surface area contributed by atoms with Crippen LogP contribution in [0.4, 0.5) is 5.13 Å². The summed E-state index contributed by atoms with van der Waals surface area (Å²) in [5.41, 5.74) is 3.67. The molecular formula is C27H25N5O4S. The molecule has 0 fully saturated rings. The van der Waals surface area contributed by atoms with Gasteiger partial charge in [-0.3, -0.25) is 14.2 Å². The summed E-state index contributed by atoms with van der Waals surface area (Å²) < 4.78 is 8.97. The highest BCUT2D eigenvalue weighted by molar-refractivity contribution is 7.22. The van der Waals surface area contributed by atoms with Crippen molar-refractivity contribution in [3.63, 3.8) is 0 Å². The minimum atomic E-state index is -0.851. The van der Waals surface area contributed by atoms with Crippen molar-refractivity contribution in [2.45, 2.75) is 33.7 Å². The molecule has 1 amide bonds. The third kappa shape index (κ3) is 4.40. The summed E-state index contributed by atoms with van der Waals surface area (Å²) in [4.78, 5) is 43.1. The van der Waals surface area contributed by atoms with Crippen LogP contribution in [0, 0.1) is 13.8 Å². The van der Waals surface area contributed by atoms with Crippen LogP contribution in [0.15, 0.2) is 59.4 Å². The molecule has 1 unspecified atom stereocenters. The van der Waals surface area contributed by atoms with E-state index in [0.29, 0.717) is 21.9 Å². The van der Waals surface area contributed by atoms with E-state index in [2.05, 4.69) is 15.4 Å². The van der Waals surface area contributed by atoms with Crippen LogP contribution in [-0.4, -0.2) is 37.8 Å². The van der Waals surface area contributed by atoms with Crippen molar-refractivity contribution in [1.82, 2.24) is 19.3 Å². The quantitative estimate of drug-likeness (QED) is 0.326. The Labute approximate surface area is 216 Å². The maximum atomic E-state index is 13.4. The van der Waals surface area contributed by atoms with E-state index in [4.69, 9.17) is 4.74 Å². The SMILES string of the molecule is CCOC(=O)c1ccc2nc(NC(=O)C(C)n3c(=O)cc(C)c4c(C)nn(-c5ccccc5)c43)sc2c1. The van der Waals surface area contributed by atoms with E-state index in [-0.39, 0.29) is 12.2 Å². The number of benzene rings is 2. The van der Waals surface area contributed by atoms with Crippen LogP contribution in [0.5, 0.6) is 0 Å². The zero-order valence-electron chi connectivity index (χ0n) is 20.8. The van der Waals surface area contributed by atoms with Gasteiger partial charge in [0.1, 0.15) is 11.7 Å². The molecule has 3 heterocycles. The number of nitrogens with one attached hydrogen (secondary N) is 1. The molecule has 0 spiro atoms. The predicted octanol–water partition coefficient (Wildman–Crippen LogP) is 4.79. The van der Waals surface area contributed by atoms with E-state index in [0.717, 1.165) is 27.0 Å². The molecule has 2 aromatic carbocycles. The van der Waals surface area contributed by atoms with Crippen LogP contribution >= 0.6 is 11.3 Å². The Balaban J connectivity index is 1.52. The summed E-state index contributed by atoms with van der Waals surface area (Å²) in [5.74, 6) is -0.805. The van der Waals surface area contributed by atoms with Crippen molar-refractivity contribution in [1.29, 1.82) is 0 Å². The number of thiazole rings is 1. The summed E-state index contributed by atoms with van der Waals surface area (Å²) in [6, 6.07) is 15.2. The van der Waals surface area contributed by atoms with Gasteiger partial charge in [-0.05, 0) is 63.6 Å². The lowest BCUT2D eigenvalue weighted by Gasteiger charge is -2.18. The molecule has 1 atom stereocenters. The normalized spacial score (nSPS) is 12.1. The highest BCUT2D eigenvalue weighted by Crippen LogP contribution is 2.29. The third-order valence-electron chi connectivity index (χ3n) is 6.13. The number of carbonyl (C=O) groups is 2. The fourth-order valence-corrected chi connectivity index (χ4v) is 5.31. The Morgan fingerprint density at radius 3 is 2.59 bits per heavy atom. The number of amides is 1. The molecule has 5 aromatic rings. The fraction of sp³-hybridized carbons (Fsp3) is 0.222. The highest BCUT2D eigenvalue weighted by atomic mass is 32.1. The molecule has 0 aliphatic heterocycles. The third-order valence-corrected chi connectivity index (χ3v) is 7.07. The van der Waals surface area contributed by atoms with Crippen LogP contribution in [0.3, 0.4) is 0 Å². The van der Waals surface area contributed by atoms with E-state index in [1.165, 1.54) is 22.0 Å². The van der Waals surface area contributed by atoms with Crippen LogP contribution in [-0.2, 0) is 9.53 Å². The molecular weight excluding hydrogens is 490 g/mol. The van der Waals surface area contributed by atoms with Gasteiger partial charge >= 0.3 is 5.97 Å². The average molecular weight is 516 g/mol. The molecule has 188 valence electrons. The molecule has 0 bridgehead atoms. The topological polar surface area (TPSA) is 108 Å². The number of ether oxygens (including phenoxy) is 1. The monoisotopic (exact) mass is 515 g/mol. The first kappa shape index (κ1) is 24.4. The summed E-state index contributed by atoms with van der Waals surface area (Å²) in [7, 11) is 0. The smallest absolute Gasteiger partial charge is 0.338 e. The van der Waals surface area contributed by atoms with Gasteiger partial charge in [0, 0.05) is 11.5 Å². The molecule has 0 saturated heterocycles. The summed E-state index contributed by atoms with van der Waals surface area (Å²) in [5, 5.41) is 8.73. The molecule has 37 heavy (non-hydrogen) atoms. The summed E-state index contributed by atoms with van der Waals surface area (Å²) >= 11 is 1.25. The fourth-order valence-electron chi connectivity index (χ4n) is 4.40. The van der Waals surface area contributed by atoms with Gasteiger partial charge in [0.2, 0.25) is 5.91 Å². The minimum absolute atomic E-state index is 0.285. The molecule has 0 aliphatic rings. The Hall–Kier alpha value is -4.31. The van der Waals surface area contributed by atoms with E-state index in [1.807, 2.05) is 44.2 Å². The first-order valence-corrected chi connectivity index (χ1v) is 12.7.